The second-order valence-corrected chi connectivity index (χ2v) is 4.86. The number of rotatable bonds is 2. The summed E-state index contributed by atoms with van der Waals surface area (Å²) < 4.78 is 25.6. The van der Waals surface area contributed by atoms with Gasteiger partial charge in [-0.05, 0) is 18.2 Å². The van der Waals surface area contributed by atoms with Gasteiger partial charge in [-0.15, -0.1) is 0 Å². The van der Waals surface area contributed by atoms with Crippen LogP contribution < -0.4 is 4.18 Å². The molecule has 0 heterocycles. The van der Waals surface area contributed by atoms with Crippen LogP contribution in [0.25, 0.3) is 0 Å². The third-order valence-electron chi connectivity index (χ3n) is 3.08. The molecule has 0 unspecified atom stereocenters. The Balaban J connectivity index is 0.00000161. The van der Waals surface area contributed by atoms with E-state index in [1.807, 2.05) is 0 Å². The van der Waals surface area contributed by atoms with Crippen LogP contribution in [0.3, 0.4) is 0 Å². The molecule has 0 bridgehead atoms. The van der Waals surface area contributed by atoms with E-state index in [0.29, 0.717) is 11.1 Å². The van der Waals surface area contributed by atoms with Crippen molar-refractivity contribution in [3.05, 3.63) is 64.7 Å². The van der Waals surface area contributed by atoms with Gasteiger partial charge in [0.15, 0.2) is 11.6 Å². The quantitative estimate of drug-likeness (QED) is 0.557. The Morgan fingerprint density at radius 3 is 1.86 bits per heavy atom. The van der Waals surface area contributed by atoms with Crippen molar-refractivity contribution in [2.75, 3.05) is 0 Å². The molecule has 0 atom stereocenters. The monoisotopic (exact) mass is 312 g/mol. The normalized spacial score (nSPS) is 12.4. The van der Waals surface area contributed by atoms with E-state index in [-0.39, 0.29) is 58.0 Å². The zero-order valence-corrected chi connectivity index (χ0v) is 10.9. The number of fused-ring (bicyclic) bond motifs is 2. The van der Waals surface area contributed by atoms with Crippen LogP contribution in [0.5, 0.6) is 5.75 Å². The average molecular weight is 312 g/mol. The van der Waals surface area contributed by atoms with Gasteiger partial charge in [0.1, 0.15) is 5.75 Å². The minimum absolute atomic E-state index is 0. The van der Waals surface area contributed by atoms with Crippen molar-refractivity contribution in [2.45, 2.75) is 0 Å². The molecule has 5 nitrogen and oxygen atoms in total. The second-order valence-electron chi connectivity index (χ2n) is 4.23. The molecule has 7 heteroatoms. The molecule has 1 aliphatic carbocycles. The third kappa shape index (κ3) is 2.80. The predicted molar refractivity (Wildman–Crippen MR) is 77.8 cm³/mol. The maximum atomic E-state index is 12.3. The fraction of sp³-hybridized carbons (Fsp3) is 0. The SMILES string of the molecule is O=C1c2ccccc2C(=O)c2cc(O[SH](=O)=O)ccc21.[NaH]. The van der Waals surface area contributed by atoms with Gasteiger partial charge in [-0.2, -0.15) is 8.42 Å². The van der Waals surface area contributed by atoms with Gasteiger partial charge in [0, 0.05) is 22.3 Å². The zero-order chi connectivity index (χ0) is 14.3. The van der Waals surface area contributed by atoms with Crippen LogP contribution >= 0.6 is 0 Å². The Morgan fingerprint density at radius 2 is 1.29 bits per heavy atom. The number of benzene rings is 2. The summed E-state index contributed by atoms with van der Waals surface area (Å²) in [6, 6.07) is 10.6. The fourth-order valence-corrected chi connectivity index (χ4v) is 2.51. The molecule has 0 fully saturated rings. The first kappa shape index (κ1) is 15.9. The molecule has 2 aromatic rings. The van der Waals surface area contributed by atoms with E-state index < -0.39 is 11.0 Å². The predicted octanol–water partition coefficient (Wildman–Crippen LogP) is 0.719. The Bertz CT molecular complexity index is 818. The maximum absolute atomic E-state index is 12.3. The summed E-state index contributed by atoms with van der Waals surface area (Å²) in [5, 5.41) is 0. The number of hydrogen-bond donors (Lipinski definition) is 1. The molecule has 1 aliphatic rings. The van der Waals surface area contributed by atoms with Gasteiger partial charge in [-0.1, -0.05) is 24.3 Å². The van der Waals surface area contributed by atoms with E-state index >= 15 is 0 Å². The second kappa shape index (κ2) is 6.11. The van der Waals surface area contributed by atoms with Crippen molar-refractivity contribution in [2.24, 2.45) is 0 Å². The van der Waals surface area contributed by atoms with Crippen molar-refractivity contribution >= 4 is 52.1 Å². The van der Waals surface area contributed by atoms with E-state index in [9.17, 15) is 18.0 Å². The number of hydrogen-bond acceptors (Lipinski definition) is 5. The summed E-state index contributed by atoms with van der Waals surface area (Å²) in [5.74, 6) is -0.560. The Kier molecular flexibility index (Phi) is 4.63. The summed E-state index contributed by atoms with van der Waals surface area (Å²) in [5.41, 5.74) is 1.08. The average Bonchev–Trinajstić information content (AvgIpc) is 2.44. The van der Waals surface area contributed by atoms with E-state index in [1.54, 1.807) is 24.3 Å². The van der Waals surface area contributed by atoms with Crippen LogP contribution in [0, 0.1) is 0 Å². The molecule has 0 saturated heterocycles. The first-order chi connectivity index (χ1) is 9.58. The van der Waals surface area contributed by atoms with Crippen molar-refractivity contribution in [3.8, 4) is 5.75 Å². The van der Waals surface area contributed by atoms with E-state index in [1.165, 1.54) is 18.2 Å². The molecule has 3 rings (SSSR count). The molecule has 0 N–H and O–H groups in total. The summed E-state index contributed by atoms with van der Waals surface area (Å²) in [6.45, 7) is 0. The number of carbonyl (C=O) groups is 2. The Hall–Kier alpha value is -1.47. The first-order valence-electron chi connectivity index (χ1n) is 5.73. The zero-order valence-electron chi connectivity index (χ0n) is 10.0. The van der Waals surface area contributed by atoms with Gasteiger partial charge in [-0.25, -0.2) is 0 Å². The third-order valence-corrected chi connectivity index (χ3v) is 3.44. The van der Waals surface area contributed by atoms with Crippen molar-refractivity contribution < 1.29 is 22.2 Å². The van der Waals surface area contributed by atoms with Crippen LogP contribution in [0.2, 0.25) is 0 Å². The molecular formula is C14H9NaO5S. The fourth-order valence-electron chi connectivity index (χ4n) is 2.22. The number of thiol groups is 1. The van der Waals surface area contributed by atoms with Crippen molar-refractivity contribution in [1.29, 1.82) is 0 Å². The molecular weight excluding hydrogens is 303 g/mol. The molecule has 0 aromatic heterocycles. The topological polar surface area (TPSA) is 77.5 Å². The summed E-state index contributed by atoms with van der Waals surface area (Å²) in [4.78, 5) is 24.6. The summed E-state index contributed by atoms with van der Waals surface area (Å²) in [6.07, 6.45) is 0. The van der Waals surface area contributed by atoms with Crippen LogP contribution in [-0.2, 0) is 11.0 Å². The summed E-state index contributed by atoms with van der Waals surface area (Å²) in [7, 11) is -3.06. The molecule has 0 spiro atoms. The van der Waals surface area contributed by atoms with Crippen LogP contribution in [0.15, 0.2) is 42.5 Å². The first-order valence-corrected chi connectivity index (χ1v) is 6.82. The van der Waals surface area contributed by atoms with Crippen LogP contribution in [0.1, 0.15) is 31.8 Å². The van der Waals surface area contributed by atoms with Crippen LogP contribution in [0.4, 0.5) is 0 Å². The molecule has 0 aliphatic heterocycles. The minimum atomic E-state index is -3.06. The van der Waals surface area contributed by atoms with Gasteiger partial charge in [0.05, 0.1) is 0 Å². The molecule has 0 saturated carbocycles. The standard InChI is InChI=1S/C14H8O5S.Na.H/c15-13-9-3-1-2-4-10(9)14(16)12-7-8(19-20(17)18)5-6-11(12)13;;/h1-7,20H;;. The van der Waals surface area contributed by atoms with Gasteiger partial charge >= 0.3 is 29.6 Å². The molecule has 0 radical (unpaired) electrons. The number of carbonyl (C=O) groups excluding carboxylic acids is 2. The van der Waals surface area contributed by atoms with Gasteiger partial charge in [-0.3, -0.25) is 9.59 Å². The van der Waals surface area contributed by atoms with E-state index in [2.05, 4.69) is 4.18 Å². The van der Waals surface area contributed by atoms with E-state index in [4.69, 9.17) is 0 Å². The molecule has 0 amide bonds. The Labute approximate surface area is 144 Å². The molecule has 102 valence electrons. The van der Waals surface area contributed by atoms with Gasteiger partial charge in [0.25, 0.3) is 11.0 Å². The van der Waals surface area contributed by atoms with Gasteiger partial charge < -0.3 is 4.18 Å². The van der Waals surface area contributed by atoms with Gasteiger partial charge in [0.2, 0.25) is 0 Å². The van der Waals surface area contributed by atoms with Crippen molar-refractivity contribution in [1.82, 2.24) is 0 Å². The molecule has 2 aromatic carbocycles. The van der Waals surface area contributed by atoms with Crippen LogP contribution in [-0.4, -0.2) is 49.5 Å². The molecule has 21 heavy (non-hydrogen) atoms. The summed E-state index contributed by atoms with van der Waals surface area (Å²) >= 11 is 0. The number of ketones is 2. The van der Waals surface area contributed by atoms with Crippen molar-refractivity contribution in [3.63, 3.8) is 0 Å². The van der Waals surface area contributed by atoms with E-state index in [0.717, 1.165) is 0 Å². The Morgan fingerprint density at radius 1 is 0.762 bits per heavy atom.